The van der Waals surface area contributed by atoms with Crippen LogP contribution in [0.25, 0.3) is 0 Å². The molecule has 0 saturated heterocycles. The molecule has 0 aromatic heterocycles. The average Bonchev–Trinajstić information content (AvgIpc) is 1.82. The van der Waals surface area contributed by atoms with Gasteiger partial charge in [0.15, 0.2) is 0 Å². The van der Waals surface area contributed by atoms with Crippen LogP contribution in [0.5, 0.6) is 0 Å². The summed E-state index contributed by atoms with van der Waals surface area (Å²) in [7, 11) is 0. The van der Waals surface area contributed by atoms with Gasteiger partial charge in [-0.3, -0.25) is 0 Å². The van der Waals surface area contributed by atoms with Crippen molar-refractivity contribution in [2.75, 3.05) is 0 Å². The molecule has 0 heteroatoms. The summed E-state index contributed by atoms with van der Waals surface area (Å²) in [6, 6.07) is 0. The lowest BCUT2D eigenvalue weighted by Gasteiger charge is -2.09. The lowest BCUT2D eigenvalue weighted by atomic mass is 9.89. The Bertz CT molecular complexity index is 55.1. The standard InChI is InChI=1S/C9H19/c1-5-7-9(6-2)8(3)4/h6,8-9H,5,7H2,1-4H3/q+1. The molecule has 0 spiro atoms. The molecule has 0 fully saturated rings. The lowest BCUT2D eigenvalue weighted by molar-refractivity contribution is 0.406. The predicted octanol–water partition coefficient (Wildman–Crippen LogP) is 3.28. The van der Waals surface area contributed by atoms with E-state index in [9.17, 15) is 0 Å². The van der Waals surface area contributed by atoms with Crippen molar-refractivity contribution in [3.05, 3.63) is 6.42 Å². The molecule has 0 aromatic rings. The second kappa shape index (κ2) is 4.72. The minimum Gasteiger partial charge on any atom is -0.0652 e. The molecule has 0 aliphatic heterocycles. The average molecular weight is 127 g/mol. The summed E-state index contributed by atoms with van der Waals surface area (Å²) in [6.07, 6.45) is 5.00. The van der Waals surface area contributed by atoms with Crippen molar-refractivity contribution >= 4 is 0 Å². The van der Waals surface area contributed by atoms with Crippen LogP contribution < -0.4 is 0 Å². The molecule has 1 unspecified atom stereocenters. The first-order valence-electron chi connectivity index (χ1n) is 4.01. The van der Waals surface area contributed by atoms with Crippen molar-refractivity contribution in [1.29, 1.82) is 0 Å². The summed E-state index contributed by atoms with van der Waals surface area (Å²) in [4.78, 5) is 0. The second-order valence-corrected chi connectivity index (χ2v) is 3.03. The first kappa shape index (κ1) is 8.87. The van der Waals surface area contributed by atoms with Gasteiger partial charge in [-0.15, -0.1) is 0 Å². The minimum absolute atomic E-state index is 0.829. The molecule has 0 amide bonds. The highest BCUT2D eigenvalue weighted by Gasteiger charge is 2.16. The van der Waals surface area contributed by atoms with Gasteiger partial charge in [0.05, 0.1) is 19.3 Å². The summed E-state index contributed by atoms with van der Waals surface area (Å²) in [5.41, 5.74) is 0. The van der Waals surface area contributed by atoms with Crippen LogP contribution in [0.4, 0.5) is 0 Å². The van der Waals surface area contributed by atoms with Gasteiger partial charge >= 0.3 is 0 Å². The van der Waals surface area contributed by atoms with Crippen LogP contribution in [0, 0.1) is 18.3 Å². The van der Waals surface area contributed by atoms with Crippen LogP contribution in [0.2, 0.25) is 0 Å². The molecule has 0 rings (SSSR count). The summed E-state index contributed by atoms with van der Waals surface area (Å²) in [5.74, 6) is 1.67. The Balaban J connectivity index is 3.41. The van der Waals surface area contributed by atoms with Crippen LogP contribution in [-0.2, 0) is 0 Å². The molecule has 1 atom stereocenters. The molecule has 0 aliphatic carbocycles. The van der Waals surface area contributed by atoms with Gasteiger partial charge in [-0.1, -0.05) is 27.2 Å². The van der Waals surface area contributed by atoms with E-state index in [4.69, 9.17) is 0 Å². The highest BCUT2D eigenvalue weighted by Crippen LogP contribution is 2.18. The molecule has 0 aliphatic rings. The van der Waals surface area contributed by atoms with E-state index in [1.807, 2.05) is 0 Å². The quantitative estimate of drug-likeness (QED) is 0.508. The SMILES string of the molecule is C[CH+]C(CCC)C(C)C. The van der Waals surface area contributed by atoms with E-state index >= 15 is 0 Å². The maximum absolute atomic E-state index is 2.33. The van der Waals surface area contributed by atoms with E-state index in [0.717, 1.165) is 11.8 Å². The summed E-state index contributed by atoms with van der Waals surface area (Å²) in [6.45, 7) is 9.00. The normalized spacial score (nSPS) is 13.9. The highest BCUT2D eigenvalue weighted by atomic mass is 14.1. The molecule has 0 saturated carbocycles. The van der Waals surface area contributed by atoms with Crippen molar-refractivity contribution in [2.24, 2.45) is 11.8 Å². The van der Waals surface area contributed by atoms with Gasteiger partial charge in [0.1, 0.15) is 0 Å². The number of hydrogen-bond acceptors (Lipinski definition) is 0. The third-order valence-corrected chi connectivity index (χ3v) is 1.91. The Morgan fingerprint density at radius 1 is 1.33 bits per heavy atom. The van der Waals surface area contributed by atoms with Gasteiger partial charge in [-0.2, -0.15) is 0 Å². The van der Waals surface area contributed by atoms with Crippen LogP contribution in [-0.4, -0.2) is 0 Å². The van der Waals surface area contributed by atoms with Crippen molar-refractivity contribution in [2.45, 2.75) is 40.5 Å². The Morgan fingerprint density at radius 2 is 1.89 bits per heavy atom. The summed E-state index contributed by atoms with van der Waals surface area (Å²) < 4.78 is 0. The maximum atomic E-state index is 2.33. The molecule has 0 nitrogen and oxygen atoms in total. The Kier molecular flexibility index (Phi) is 4.65. The topological polar surface area (TPSA) is 0 Å². The molecule has 0 bridgehead atoms. The molecule has 54 valence electrons. The first-order chi connectivity index (χ1) is 4.22. The zero-order valence-electron chi connectivity index (χ0n) is 7.15. The maximum Gasteiger partial charge on any atom is 0.0997 e. The van der Waals surface area contributed by atoms with E-state index in [-0.39, 0.29) is 0 Å². The van der Waals surface area contributed by atoms with Crippen LogP contribution in [0.1, 0.15) is 40.5 Å². The number of hydrogen-bond donors (Lipinski definition) is 0. The van der Waals surface area contributed by atoms with Crippen LogP contribution >= 0.6 is 0 Å². The smallest absolute Gasteiger partial charge is 0.0652 e. The van der Waals surface area contributed by atoms with Gasteiger partial charge < -0.3 is 0 Å². The van der Waals surface area contributed by atoms with E-state index in [1.54, 1.807) is 0 Å². The third kappa shape index (κ3) is 3.45. The zero-order chi connectivity index (χ0) is 7.28. The van der Waals surface area contributed by atoms with Crippen molar-refractivity contribution in [3.63, 3.8) is 0 Å². The monoisotopic (exact) mass is 127 g/mol. The summed E-state index contributed by atoms with van der Waals surface area (Å²) in [5, 5.41) is 0. The summed E-state index contributed by atoms with van der Waals surface area (Å²) >= 11 is 0. The minimum atomic E-state index is 0.829. The van der Waals surface area contributed by atoms with Crippen molar-refractivity contribution in [3.8, 4) is 0 Å². The second-order valence-electron chi connectivity index (χ2n) is 3.03. The zero-order valence-corrected chi connectivity index (χ0v) is 7.15. The van der Waals surface area contributed by atoms with Crippen molar-refractivity contribution < 1.29 is 0 Å². The van der Waals surface area contributed by atoms with Crippen LogP contribution in [0.3, 0.4) is 0 Å². The van der Waals surface area contributed by atoms with Gasteiger partial charge in [-0.25, -0.2) is 0 Å². The Hall–Kier alpha value is -0.130. The Morgan fingerprint density at radius 3 is 2.00 bits per heavy atom. The van der Waals surface area contributed by atoms with E-state index in [1.165, 1.54) is 12.8 Å². The molecule has 9 heavy (non-hydrogen) atoms. The highest BCUT2D eigenvalue weighted by molar-refractivity contribution is 4.73. The molecule has 0 heterocycles. The fraction of sp³-hybridized carbons (Fsp3) is 0.889. The van der Waals surface area contributed by atoms with Crippen LogP contribution in [0.15, 0.2) is 0 Å². The van der Waals surface area contributed by atoms with Gasteiger partial charge in [-0.05, 0) is 12.3 Å². The fourth-order valence-electron chi connectivity index (χ4n) is 1.22. The molecule has 0 N–H and O–H groups in total. The van der Waals surface area contributed by atoms with E-state index in [2.05, 4.69) is 34.1 Å². The van der Waals surface area contributed by atoms with Gasteiger partial charge in [0, 0.05) is 0 Å². The lowest BCUT2D eigenvalue weighted by Crippen LogP contribution is -2.06. The van der Waals surface area contributed by atoms with E-state index in [0.29, 0.717) is 0 Å². The first-order valence-corrected chi connectivity index (χ1v) is 4.01. The molecule has 0 aromatic carbocycles. The van der Waals surface area contributed by atoms with Gasteiger partial charge in [0.25, 0.3) is 0 Å². The third-order valence-electron chi connectivity index (χ3n) is 1.91. The molecule has 0 radical (unpaired) electrons. The molecular formula is C9H19+. The van der Waals surface area contributed by atoms with Gasteiger partial charge in [0.2, 0.25) is 0 Å². The fourth-order valence-corrected chi connectivity index (χ4v) is 1.22. The molecular weight excluding hydrogens is 108 g/mol. The number of rotatable bonds is 4. The Labute approximate surface area is 59.7 Å². The van der Waals surface area contributed by atoms with E-state index < -0.39 is 0 Å². The predicted molar refractivity (Wildman–Crippen MR) is 43.2 cm³/mol. The largest absolute Gasteiger partial charge is 0.0997 e. The van der Waals surface area contributed by atoms with Crippen molar-refractivity contribution in [1.82, 2.24) is 0 Å².